The molecule has 1 rings (SSSR count). The molecule has 0 aliphatic carbocycles. The summed E-state index contributed by atoms with van der Waals surface area (Å²) in [6.07, 6.45) is 0.668. The lowest BCUT2D eigenvalue weighted by Crippen LogP contribution is -2.42. The van der Waals surface area contributed by atoms with Crippen molar-refractivity contribution in [2.45, 2.75) is 51.1 Å². The Kier molecular flexibility index (Phi) is 6.50. The third-order valence-corrected chi connectivity index (χ3v) is 5.77. The van der Waals surface area contributed by atoms with E-state index in [2.05, 4.69) is 10.0 Å². The van der Waals surface area contributed by atoms with Crippen molar-refractivity contribution < 1.29 is 8.42 Å². The molecule has 0 aromatic heterocycles. The predicted molar refractivity (Wildman–Crippen MR) is 88.5 cm³/mol. The molecule has 0 amide bonds. The molecule has 1 aromatic rings. The van der Waals surface area contributed by atoms with Gasteiger partial charge in [-0.1, -0.05) is 37.0 Å². The summed E-state index contributed by atoms with van der Waals surface area (Å²) in [7, 11) is -3.69. The van der Waals surface area contributed by atoms with E-state index in [0.717, 1.165) is 6.54 Å². The lowest BCUT2D eigenvalue weighted by atomic mass is 10.0. The van der Waals surface area contributed by atoms with Gasteiger partial charge in [-0.3, -0.25) is 0 Å². The lowest BCUT2D eigenvalue weighted by molar-refractivity contribution is 0.439. The molecule has 0 aliphatic rings. The predicted octanol–water partition coefficient (Wildman–Crippen LogP) is 3.57. The molecule has 2 N–H and O–H groups in total. The van der Waals surface area contributed by atoms with E-state index in [1.165, 1.54) is 12.1 Å². The summed E-state index contributed by atoms with van der Waals surface area (Å²) in [5.74, 6) is 0. The highest BCUT2D eigenvalue weighted by Crippen LogP contribution is 2.29. The third-order valence-electron chi connectivity index (χ3n) is 3.25. The first-order valence-corrected chi connectivity index (χ1v) is 9.09. The number of rotatable bonds is 7. The summed E-state index contributed by atoms with van der Waals surface area (Å²) in [6.45, 7) is 8.80. The second-order valence-corrected chi connectivity index (χ2v) is 7.96. The average molecular weight is 353 g/mol. The smallest absolute Gasteiger partial charge is 0.242 e. The van der Waals surface area contributed by atoms with Gasteiger partial charge in [0.1, 0.15) is 4.90 Å². The number of halogens is 2. The number of nitrogens with one attached hydrogen (secondary N) is 2. The fraction of sp³-hybridized carbons (Fsp3) is 0.571. The molecule has 0 heterocycles. The quantitative estimate of drug-likeness (QED) is 0.788. The normalized spacial score (nSPS) is 12.7. The minimum Gasteiger partial charge on any atom is -0.313 e. The van der Waals surface area contributed by atoms with E-state index >= 15 is 0 Å². The van der Waals surface area contributed by atoms with E-state index in [9.17, 15) is 8.42 Å². The van der Waals surface area contributed by atoms with Crippen LogP contribution in [0.4, 0.5) is 0 Å². The lowest BCUT2D eigenvalue weighted by Gasteiger charge is -2.24. The SMILES string of the molecule is CCNCc1cc(S(=O)(=O)NC(C)(C)CC)c(Cl)cc1Cl. The molecule has 0 radical (unpaired) electrons. The standard InChI is InChI=1S/C14H22Cl2N2O2S/c1-5-14(3,4)18-21(19,20)13-7-10(9-17-6-2)11(15)8-12(13)16/h7-8,17-18H,5-6,9H2,1-4H3. The number of hydrogen-bond donors (Lipinski definition) is 2. The van der Waals surface area contributed by atoms with Crippen molar-refractivity contribution in [3.05, 3.63) is 27.7 Å². The van der Waals surface area contributed by atoms with E-state index in [1.54, 1.807) is 0 Å². The van der Waals surface area contributed by atoms with Gasteiger partial charge in [-0.25, -0.2) is 13.1 Å². The molecule has 0 unspecified atom stereocenters. The zero-order chi connectivity index (χ0) is 16.3. The maximum absolute atomic E-state index is 12.5. The highest BCUT2D eigenvalue weighted by Gasteiger charge is 2.27. The molecule has 7 heteroatoms. The Balaban J connectivity index is 3.22. The summed E-state index contributed by atoms with van der Waals surface area (Å²) in [4.78, 5) is 0.0583. The van der Waals surface area contributed by atoms with E-state index < -0.39 is 15.6 Å². The molecule has 0 aliphatic heterocycles. The van der Waals surface area contributed by atoms with Crippen LogP contribution in [-0.2, 0) is 16.6 Å². The van der Waals surface area contributed by atoms with Crippen LogP contribution in [0.2, 0.25) is 10.0 Å². The van der Waals surface area contributed by atoms with E-state index in [4.69, 9.17) is 23.2 Å². The Morgan fingerprint density at radius 3 is 2.29 bits per heavy atom. The van der Waals surface area contributed by atoms with Gasteiger partial charge < -0.3 is 5.32 Å². The van der Waals surface area contributed by atoms with Crippen molar-refractivity contribution in [1.82, 2.24) is 10.0 Å². The number of hydrogen-bond acceptors (Lipinski definition) is 3. The fourth-order valence-electron chi connectivity index (χ4n) is 1.66. The molecule has 0 saturated heterocycles. The van der Waals surface area contributed by atoms with Crippen LogP contribution in [0, 0.1) is 0 Å². The van der Waals surface area contributed by atoms with Crippen molar-refractivity contribution in [1.29, 1.82) is 0 Å². The van der Waals surface area contributed by atoms with Gasteiger partial charge in [0.05, 0.1) is 5.02 Å². The van der Waals surface area contributed by atoms with Crippen LogP contribution in [0.5, 0.6) is 0 Å². The van der Waals surface area contributed by atoms with Gasteiger partial charge in [0.15, 0.2) is 0 Å². The Bertz CT molecular complexity index is 601. The fourth-order valence-corrected chi connectivity index (χ4v) is 4.01. The van der Waals surface area contributed by atoms with Gasteiger partial charge in [0.25, 0.3) is 0 Å². The van der Waals surface area contributed by atoms with Crippen molar-refractivity contribution in [3.63, 3.8) is 0 Å². The van der Waals surface area contributed by atoms with Crippen LogP contribution >= 0.6 is 23.2 Å². The van der Waals surface area contributed by atoms with Crippen LogP contribution in [-0.4, -0.2) is 20.5 Å². The molecule has 0 bridgehead atoms. The van der Waals surface area contributed by atoms with Gasteiger partial charge in [-0.2, -0.15) is 0 Å². The van der Waals surface area contributed by atoms with Crippen LogP contribution in [0.25, 0.3) is 0 Å². The second-order valence-electron chi connectivity index (χ2n) is 5.50. The first-order chi connectivity index (χ1) is 9.63. The van der Waals surface area contributed by atoms with Gasteiger partial charge in [0, 0.05) is 17.1 Å². The highest BCUT2D eigenvalue weighted by atomic mass is 35.5. The molecule has 4 nitrogen and oxygen atoms in total. The third kappa shape index (κ3) is 5.11. The number of benzene rings is 1. The minimum atomic E-state index is -3.69. The Labute approximate surface area is 137 Å². The minimum absolute atomic E-state index is 0.0583. The number of sulfonamides is 1. The first kappa shape index (κ1) is 18.7. The van der Waals surface area contributed by atoms with Crippen molar-refractivity contribution in [2.24, 2.45) is 0 Å². The molecule has 21 heavy (non-hydrogen) atoms. The van der Waals surface area contributed by atoms with Crippen LogP contribution in [0.15, 0.2) is 17.0 Å². The average Bonchev–Trinajstić information content (AvgIpc) is 2.36. The molecule has 1 aromatic carbocycles. The van der Waals surface area contributed by atoms with E-state index in [1.807, 2.05) is 27.7 Å². The first-order valence-electron chi connectivity index (χ1n) is 6.85. The van der Waals surface area contributed by atoms with Crippen LogP contribution < -0.4 is 10.0 Å². The van der Waals surface area contributed by atoms with Gasteiger partial charge >= 0.3 is 0 Å². The van der Waals surface area contributed by atoms with Crippen LogP contribution in [0.1, 0.15) is 39.7 Å². The van der Waals surface area contributed by atoms with Gasteiger partial charge in [-0.05, 0) is 44.5 Å². The summed E-state index contributed by atoms with van der Waals surface area (Å²) >= 11 is 12.2. The summed E-state index contributed by atoms with van der Waals surface area (Å²) in [5.41, 5.74) is 0.168. The molecule has 0 fully saturated rings. The van der Waals surface area contributed by atoms with Crippen molar-refractivity contribution in [3.8, 4) is 0 Å². The monoisotopic (exact) mass is 352 g/mol. The molecule has 0 saturated carbocycles. The molecule has 0 spiro atoms. The largest absolute Gasteiger partial charge is 0.313 e. The maximum Gasteiger partial charge on any atom is 0.242 e. The zero-order valence-corrected chi connectivity index (χ0v) is 15.1. The molecular weight excluding hydrogens is 331 g/mol. The Hall–Kier alpha value is -0.330. The summed E-state index contributed by atoms with van der Waals surface area (Å²) in [5, 5.41) is 3.70. The topological polar surface area (TPSA) is 58.2 Å². The van der Waals surface area contributed by atoms with E-state index in [-0.39, 0.29) is 9.92 Å². The highest BCUT2D eigenvalue weighted by molar-refractivity contribution is 7.89. The van der Waals surface area contributed by atoms with Crippen LogP contribution in [0.3, 0.4) is 0 Å². The Morgan fingerprint density at radius 1 is 1.14 bits per heavy atom. The summed E-state index contributed by atoms with van der Waals surface area (Å²) in [6, 6.07) is 3.00. The van der Waals surface area contributed by atoms with Crippen molar-refractivity contribution >= 4 is 33.2 Å². The van der Waals surface area contributed by atoms with Gasteiger partial charge in [0.2, 0.25) is 10.0 Å². The van der Waals surface area contributed by atoms with Gasteiger partial charge in [-0.15, -0.1) is 0 Å². The summed E-state index contributed by atoms with van der Waals surface area (Å²) < 4.78 is 27.7. The molecular formula is C14H22Cl2N2O2S. The molecule has 120 valence electrons. The molecule has 0 atom stereocenters. The maximum atomic E-state index is 12.5. The van der Waals surface area contributed by atoms with E-state index in [0.29, 0.717) is 23.6 Å². The second kappa shape index (κ2) is 7.29. The van der Waals surface area contributed by atoms with Crippen molar-refractivity contribution in [2.75, 3.05) is 6.54 Å². The zero-order valence-electron chi connectivity index (χ0n) is 12.8. The Morgan fingerprint density at radius 2 is 1.76 bits per heavy atom.